The third-order valence-electron chi connectivity index (χ3n) is 4.26. The second kappa shape index (κ2) is 10.6. The first-order valence-electron chi connectivity index (χ1n) is 9.82. The topological polar surface area (TPSA) is 93.2 Å². The van der Waals surface area contributed by atoms with Crippen molar-refractivity contribution in [2.24, 2.45) is 0 Å². The number of amides is 2. The van der Waals surface area contributed by atoms with Gasteiger partial charge in [-0.25, -0.2) is 9.97 Å². The van der Waals surface area contributed by atoms with Crippen LogP contribution in [0.2, 0.25) is 0 Å². The summed E-state index contributed by atoms with van der Waals surface area (Å²) < 4.78 is 5.35. The van der Waals surface area contributed by atoms with Crippen LogP contribution in [0.4, 0.5) is 0 Å². The quantitative estimate of drug-likeness (QED) is 0.332. The SMILES string of the molecule is CCOc1ccc(C(=O)NNC(=O)c2ccc(CSc3nc(C)cc(C)n3)cc2)cc1. The van der Waals surface area contributed by atoms with Crippen molar-refractivity contribution in [2.45, 2.75) is 31.7 Å². The number of aromatic nitrogens is 2. The first kappa shape index (κ1) is 22.3. The third-order valence-corrected chi connectivity index (χ3v) is 5.18. The smallest absolute Gasteiger partial charge is 0.269 e. The van der Waals surface area contributed by atoms with Gasteiger partial charge in [-0.1, -0.05) is 23.9 Å². The maximum absolute atomic E-state index is 12.3. The lowest BCUT2D eigenvalue weighted by molar-refractivity contribution is 0.0846. The van der Waals surface area contributed by atoms with Crippen LogP contribution >= 0.6 is 11.8 Å². The molecule has 0 radical (unpaired) electrons. The summed E-state index contributed by atoms with van der Waals surface area (Å²) in [5, 5.41) is 0.733. The molecule has 2 aromatic carbocycles. The van der Waals surface area contributed by atoms with Crippen LogP contribution in [0.3, 0.4) is 0 Å². The molecular weight excluding hydrogens is 412 g/mol. The average Bonchev–Trinajstić information content (AvgIpc) is 2.76. The number of thioether (sulfide) groups is 1. The number of ether oxygens (including phenoxy) is 1. The van der Waals surface area contributed by atoms with Gasteiger partial charge in [0.2, 0.25) is 0 Å². The largest absolute Gasteiger partial charge is 0.494 e. The molecule has 3 rings (SSSR count). The molecule has 2 amide bonds. The molecule has 1 aromatic heterocycles. The lowest BCUT2D eigenvalue weighted by Gasteiger charge is -2.09. The number of carbonyl (C=O) groups is 2. The highest BCUT2D eigenvalue weighted by Crippen LogP contribution is 2.20. The molecule has 0 saturated carbocycles. The fraction of sp³-hybridized carbons (Fsp3) is 0.217. The zero-order valence-electron chi connectivity index (χ0n) is 17.6. The molecule has 7 nitrogen and oxygen atoms in total. The second-order valence-electron chi connectivity index (χ2n) is 6.78. The fourth-order valence-electron chi connectivity index (χ4n) is 2.79. The normalized spacial score (nSPS) is 10.4. The Morgan fingerprint density at radius 1 is 0.871 bits per heavy atom. The van der Waals surface area contributed by atoms with Crippen molar-refractivity contribution in [3.8, 4) is 5.75 Å². The summed E-state index contributed by atoms with van der Waals surface area (Å²) in [6.45, 7) is 6.33. The van der Waals surface area contributed by atoms with Crippen molar-refractivity contribution in [1.82, 2.24) is 20.8 Å². The molecule has 0 bridgehead atoms. The Bertz CT molecular complexity index is 1030. The van der Waals surface area contributed by atoms with Gasteiger partial charge in [0.05, 0.1) is 6.61 Å². The Kier molecular flexibility index (Phi) is 7.61. The molecular formula is C23H24N4O3S. The maximum Gasteiger partial charge on any atom is 0.269 e. The van der Waals surface area contributed by atoms with Crippen molar-refractivity contribution in [3.05, 3.63) is 82.7 Å². The lowest BCUT2D eigenvalue weighted by atomic mass is 10.1. The Labute approximate surface area is 185 Å². The van der Waals surface area contributed by atoms with Gasteiger partial charge in [-0.15, -0.1) is 0 Å². The molecule has 0 saturated heterocycles. The predicted octanol–water partition coefficient (Wildman–Crippen LogP) is 3.86. The number of hydrogen-bond donors (Lipinski definition) is 2. The molecule has 0 aliphatic rings. The van der Waals surface area contributed by atoms with E-state index in [9.17, 15) is 9.59 Å². The van der Waals surface area contributed by atoms with Gasteiger partial charge < -0.3 is 4.74 Å². The van der Waals surface area contributed by atoms with E-state index in [-0.39, 0.29) is 0 Å². The number of carbonyl (C=O) groups excluding carboxylic acids is 2. The molecule has 0 spiro atoms. The van der Waals surface area contributed by atoms with Gasteiger partial charge in [-0.05, 0) is 68.8 Å². The van der Waals surface area contributed by atoms with Crippen LogP contribution in [0.5, 0.6) is 5.75 Å². The maximum atomic E-state index is 12.3. The molecule has 0 aliphatic carbocycles. The van der Waals surface area contributed by atoms with E-state index in [4.69, 9.17) is 4.74 Å². The zero-order valence-corrected chi connectivity index (χ0v) is 18.5. The molecule has 0 atom stereocenters. The van der Waals surface area contributed by atoms with Crippen LogP contribution < -0.4 is 15.6 Å². The first-order valence-corrected chi connectivity index (χ1v) is 10.8. The minimum atomic E-state index is -0.405. The highest BCUT2D eigenvalue weighted by Gasteiger charge is 2.10. The van der Waals surface area contributed by atoms with Gasteiger partial charge in [0.25, 0.3) is 11.8 Å². The minimum Gasteiger partial charge on any atom is -0.494 e. The monoisotopic (exact) mass is 436 g/mol. The molecule has 3 aromatic rings. The van der Waals surface area contributed by atoms with Crippen LogP contribution in [0.25, 0.3) is 0 Å². The van der Waals surface area contributed by atoms with E-state index >= 15 is 0 Å². The molecule has 2 N–H and O–H groups in total. The van der Waals surface area contributed by atoms with E-state index in [1.165, 1.54) is 0 Å². The number of benzene rings is 2. The van der Waals surface area contributed by atoms with Crippen LogP contribution in [-0.4, -0.2) is 28.4 Å². The standard InChI is InChI=1S/C23H24N4O3S/c1-4-30-20-11-9-19(10-12-20)22(29)27-26-21(28)18-7-5-17(6-8-18)14-31-23-24-15(2)13-16(3)25-23/h5-13H,4,14H2,1-3H3,(H,26,28)(H,27,29). The Morgan fingerprint density at radius 2 is 1.39 bits per heavy atom. The van der Waals surface area contributed by atoms with Gasteiger partial charge in [0.1, 0.15) is 5.75 Å². The Balaban J connectivity index is 1.50. The number of nitrogens with zero attached hydrogens (tertiary/aromatic N) is 2. The van der Waals surface area contributed by atoms with Gasteiger partial charge in [0, 0.05) is 28.3 Å². The minimum absolute atomic E-state index is 0.392. The summed E-state index contributed by atoms with van der Waals surface area (Å²) in [5.41, 5.74) is 8.64. The highest BCUT2D eigenvalue weighted by molar-refractivity contribution is 7.98. The van der Waals surface area contributed by atoms with Gasteiger partial charge in [-0.2, -0.15) is 0 Å². The van der Waals surface area contributed by atoms with E-state index < -0.39 is 11.8 Å². The van der Waals surface area contributed by atoms with E-state index in [0.717, 1.165) is 22.1 Å². The summed E-state index contributed by atoms with van der Waals surface area (Å²) in [4.78, 5) is 33.3. The van der Waals surface area contributed by atoms with Crippen molar-refractivity contribution in [2.75, 3.05) is 6.61 Å². The van der Waals surface area contributed by atoms with Crippen LogP contribution in [-0.2, 0) is 5.75 Å². The summed E-state index contributed by atoms with van der Waals surface area (Å²) in [5.74, 6) is 0.582. The van der Waals surface area contributed by atoms with Crippen LogP contribution in [0, 0.1) is 13.8 Å². The summed E-state index contributed by atoms with van der Waals surface area (Å²) in [6, 6.07) is 15.8. The molecule has 0 fully saturated rings. The van der Waals surface area contributed by atoms with Crippen molar-refractivity contribution in [3.63, 3.8) is 0 Å². The van der Waals surface area contributed by atoms with Gasteiger partial charge in [-0.3, -0.25) is 20.4 Å². The number of nitrogens with one attached hydrogen (secondary N) is 2. The molecule has 1 heterocycles. The number of hydrogen-bond acceptors (Lipinski definition) is 6. The fourth-order valence-corrected chi connectivity index (χ4v) is 3.69. The van der Waals surface area contributed by atoms with Crippen molar-refractivity contribution < 1.29 is 14.3 Å². The number of rotatable bonds is 7. The third kappa shape index (κ3) is 6.55. The Hall–Kier alpha value is -3.39. The molecule has 160 valence electrons. The lowest BCUT2D eigenvalue weighted by Crippen LogP contribution is -2.41. The van der Waals surface area contributed by atoms with Crippen LogP contribution in [0.15, 0.2) is 59.8 Å². The van der Waals surface area contributed by atoms with E-state index in [1.807, 2.05) is 39.0 Å². The van der Waals surface area contributed by atoms with E-state index in [2.05, 4.69) is 20.8 Å². The summed E-state index contributed by atoms with van der Waals surface area (Å²) in [6.07, 6.45) is 0. The first-order chi connectivity index (χ1) is 14.9. The predicted molar refractivity (Wildman–Crippen MR) is 120 cm³/mol. The number of hydrazine groups is 1. The molecule has 8 heteroatoms. The summed E-state index contributed by atoms with van der Waals surface area (Å²) >= 11 is 1.54. The van der Waals surface area contributed by atoms with Crippen LogP contribution in [0.1, 0.15) is 44.6 Å². The molecule has 0 unspecified atom stereocenters. The zero-order chi connectivity index (χ0) is 22.2. The Morgan fingerprint density at radius 3 is 1.90 bits per heavy atom. The van der Waals surface area contributed by atoms with E-state index in [1.54, 1.807) is 48.2 Å². The number of aryl methyl sites for hydroxylation is 2. The van der Waals surface area contributed by atoms with Crippen molar-refractivity contribution >= 4 is 23.6 Å². The second-order valence-corrected chi connectivity index (χ2v) is 7.73. The molecule has 31 heavy (non-hydrogen) atoms. The highest BCUT2D eigenvalue weighted by atomic mass is 32.2. The summed E-state index contributed by atoms with van der Waals surface area (Å²) in [7, 11) is 0. The van der Waals surface area contributed by atoms with Gasteiger partial charge in [0.15, 0.2) is 5.16 Å². The van der Waals surface area contributed by atoms with Crippen molar-refractivity contribution in [1.29, 1.82) is 0 Å². The van der Waals surface area contributed by atoms with Gasteiger partial charge >= 0.3 is 0 Å². The molecule has 0 aliphatic heterocycles. The average molecular weight is 437 g/mol. The van der Waals surface area contributed by atoms with E-state index in [0.29, 0.717) is 29.2 Å².